The molecule has 1 aromatic heterocycles. The monoisotopic (exact) mass is 483 g/mol. The van der Waals surface area contributed by atoms with Gasteiger partial charge in [0.2, 0.25) is 5.79 Å². The number of ether oxygens (including phenoxy) is 1. The van der Waals surface area contributed by atoms with Crippen molar-refractivity contribution in [3.8, 4) is 5.75 Å². The van der Waals surface area contributed by atoms with Crippen molar-refractivity contribution in [1.29, 1.82) is 0 Å². The highest BCUT2D eigenvalue weighted by Crippen LogP contribution is 2.34. The van der Waals surface area contributed by atoms with Gasteiger partial charge in [-0.3, -0.25) is 10.8 Å². The van der Waals surface area contributed by atoms with Crippen molar-refractivity contribution in [2.45, 2.75) is 44.4 Å². The van der Waals surface area contributed by atoms with E-state index in [1.165, 1.54) is 19.2 Å². The first kappa shape index (κ1) is 22.4. The second kappa shape index (κ2) is 8.77. The maximum absolute atomic E-state index is 12.6. The molecule has 2 heterocycles. The highest BCUT2D eigenvalue weighted by atomic mass is 32.2. The van der Waals surface area contributed by atoms with Crippen LogP contribution in [-0.4, -0.2) is 43.7 Å². The number of aromatic amines is 1. The van der Waals surface area contributed by atoms with Gasteiger partial charge in [-0.25, -0.2) is 13.4 Å². The number of nitrogens with zero attached hydrogens (tertiary/aromatic N) is 3. The Hall–Kier alpha value is -3.37. The van der Waals surface area contributed by atoms with Crippen molar-refractivity contribution in [3.63, 3.8) is 0 Å². The van der Waals surface area contributed by atoms with Gasteiger partial charge in [-0.1, -0.05) is 6.92 Å². The number of anilines is 1. The van der Waals surface area contributed by atoms with E-state index in [1.54, 1.807) is 19.2 Å². The molecule has 0 fully saturated rings. The Morgan fingerprint density at radius 2 is 2.06 bits per heavy atom. The number of H-pyrrole nitrogens is 1. The number of nitrogens with two attached hydrogens (primary N) is 1. The van der Waals surface area contributed by atoms with E-state index < -0.39 is 15.6 Å². The molecule has 4 N–H and O–H groups in total. The van der Waals surface area contributed by atoms with Gasteiger partial charge in [0.1, 0.15) is 11.6 Å². The van der Waals surface area contributed by atoms with Crippen molar-refractivity contribution in [3.05, 3.63) is 59.5 Å². The summed E-state index contributed by atoms with van der Waals surface area (Å²) in [6.07, 6.45) is 3.37. The molecule has 1 aliphatic heterocycles. The number of hydrogen-bond donors (Lipinski definition) is 3. The number of benzene rings is 2. The number of fused-ring (bicyclic) bond motifs is 1. The van der Waals surface area contributed by atoms with Crippen LogP contribution in [0.2, 0.25) is 0 Å². The van der Waals surface area contributed by atoms with Gasteiger partial charge >= 0.3 is 0 Å². The summed E-state index contributed by atoms with van der Waals surface area (Å²) in [5, 5.41) is 11.7. The van der Waals surface area contributed by atoms with Crippen LogP contribution in [0.5, 0.6) is 5.75 Å². The summed E-state index contributed by atoms with van der Waals surface area (Å²) >= 11 is 0. The molecule has 0 saturated heterocycles. The molecule has 34 heavy (non-hydrogen) atoms. The van der Waals surface area contributed by atoms with E-state index in [0.717, 1.165) is 22.3 Å². The molecule has 0 spiro atoms. The normalized spacial score (nSPS) is 18.6. The lowest BCUT2D eigenvalue weighted by molar-refractivity contribution is 0.349. The largest absolute Gasteiger partial charge is 0.496 e. The zero-order valence-electron chi connectivity index (χ0n) is 20.9. The molecule has 9 nitrogen and oxygen atoms in total. The molecule has 1 unspecified atom stereocenters. The van der Waals surface area contributed by atoms with Crippen LogP contribution in [0.15, 0.2) is 58.2 Å². The summed E-state index contributed by atoms with van der Waals surface area (Å²) in [7, 11) is -2.17. The first-order valence-electron chi connectivity index (χ1n) is 11.5. The number of sulfone groups is 1. The fourth-order valence-corrected chi connectivity index (χ4v) is 4.90. The maximum atomic E-state index is 12.6. The number of aliphatic imine (C=N–C) groups is 1. The predicted molar refractivity (Wildman–Crippen MR) is 135 cm³/mol. The number of nitrogens with one attached hydrogen (secondary N) is 2. The highest BCUT2D eigenvalue weighted by molar-refractivity contribution is 7.91. The van der Waals surface area contributed by atoms with Crippen molar-refractivity contribution in [2.24, 2.45) is 10.7 Å². The third kappa shape index (κ3) is 4.14. The van der Waals surface area contributed by atoms with Crippen molar-refractivity contribution in [1.82, 2.24) is 15.5 Å². The minimum absolute atomic E-state index is 0.00111. The molecule has 0 aliphatic carbocycles. The summed E-state index contributed by atoms with van der Waals surface area (Å²) in [5.41, 5.74) is 9.71. The maximum Gasteiger partial charge on any atom is 0.213 e. The second-order valence-electron chi connectivity index (χ2n) is 8.42. The molecule has 0 radical (unpaired) electrons. The number of allylic oxidation sites excluding steroid dienone is 1. The van der Waals surface area contributed by atoms with Crippen molar-refractivity contribution < 1.29 is 14.5 Å². The molecule has 4 rings (SSSR count). The van der Waals surface area contributed by atoms with Crippen LogP contribution >= 0.6 is 0 Å². The fraction of sp³-hybridized carbons (Fsp3) is 0.333. The second-order valence-corrected chi connectivity index (χ2v) is 10.7. The van der Waals surface area contributed by atoms with Crippen LogP contribution in [-0.2, 0) is 15.6 Å². The SMILES string of the molecule is [2H]c1cc(S(=O)(=O)CC)cc(C2(N)N=CC=C(N(c3ccc4c(C)[nH]nc4c3)C(C)C)N2)c1OC. The molecule has 0 saturated carbocycles. The minimum Gasteiger partial charge on any atom is -0.496 e. The van der Waals surface area contributed by atoms with E-state index in [1.807, 2.05) is 39.0 Å². The van der Waals surface area contributed by atoms with Gasteiger partial charge in [0, 0.05) is 29.0 Å². The fourth-order valence-electron chi connectivity index (χ4n) is 4.03. The summed E-state index contributed by atoms with van der Waals surface area (Å²) in [6, 6.07) is 8.66. The topological polar surface area (TPSA) is 126 Å². The molecule has 10 heteroatoms. The Balaban J connectivity index is 1.79. The third-order valence-electron chi connectivity index (χ3n) is 5.84. The lowest BCUT2D eigenvalue weighted by Crippen LogP contribution is -2.54. The van der Waals surface area contributed by atoms with Crippen LogP contribution in [0, 0.1) is 6.92 Å². The molecule has 0 bridgehead atoms. The van der Waals surface area contributed by atoms with Crippen molar-refractivity contribution >= 4 is 32.6 Å². The molecule has 180 valence electrons. The van der Waals surface area contributed by atoms with Gasteiger partial charge < -0.3 is 15.0 Å². The summed E-state index contributed by atoms with van der Waals surface area (Å²) in [4.78, 5) is 6.48. The molecule has 3 aromatic rings. The molecular weight excluding hydrogens is 452 g/mol. The lowest BCUT2D eigenvalue weighted by Gasteiger charge is -2.39. The Kier molecular flexibility index (Phi) is 5.78. The average molecular weight is 484 g/mol. The van der Waals surface area contributed by atoms with Gasteiger partial charge in [0.05, 0.1) is 30.2 Å². The predicted octanol–water partition coefficient (Wildman–Crippen LogP) is 3.17. The molecule has 2 aromatic carbocycles. The van der Waals surface area contributed by atoms with Gasteiger partial charge in [0.15, 0.2) is 9.84 Å². The summed E-state index contributed by atoms with van der Waals surface area (Å²) < 4.78 is 39.0. The van der Waals surface area contributed by atoms with Gasteiger partial charge in [-0.15, -0.1) is 0 Å². The summed E-state index contributed by atoms with van der Waals surface area (Å²) in [6.45, 7) is 7.62. The van der Waals surface area contributed by atoms with Crippen LogP contribution in [0.3, 0.4) is 0 Å². The first-order chi connectivity index (χ1) is 16.5. The Bertz CT molecular complexity index is 1450. The van der Waals surface area contributed by atoms with E-state index >= 15 is 0 Å². The standard InChI is InChI=1S/C24H30N6O3S/c1-6-34(31,32)18-8-10-22(33-5)20(14-18)24(25)26-12-11-23(27-24)30(15(2)3)17-7-9-19-16(4)28-29-21(19)13-17/h7-15,27H,6,25H2,1-5H3,(H,28,29)/i10D. The smallest absolute Gasteiger partial charge is 0.213 e. The van der Waals surface area contributed by atoms with Crippen LogP contribution < -0.4 is 20.7 Å². The molecular formula is C24H30N6O3S. The molecule has 1 atom stereocenters. The highest BCUT2D eigenvalue weighted by Gasteiger charge is 2.35. The van der Waals surface area contributed by atoms with Gasteiger partial charge in [0.25, 0.3) is 0 Å². The average Bonchev–Trinajstić information content (AvgIpc) is 3.18. The van der Waals surface area contributed by atoms with Crippen LogP contribution in [0.4, 0.5) is 5.69 Å². The van der Waals surface area contributed by atoms with Crippen LogP contribution in [0.1, 0.15) is 33.4 Å². The number of methoxy groups -OCH3 is 1. The van der Waals surface area contributed by atoms with Gasteiger partial charge in [-0.2, -0.15) is 5.10 Å². The Morgan fingerprint density at radius 1 is 1.29 bits per heavy atom. The van der Waals surface area contributed by atoms with E-state index in [0.29, 0.717) is 5.82 Å². The molecule has 0 amide bonds. The first-order valence-corrected chi connectivity index (χ1v) is 12.6. The minimum atomic E-state index is -3.58. The zero-order chi connectivity index (χ0) is 25.5. The van der Waals surface area contributed by atoms with E-state index in [-0.39, 0.29) is 34.0 Å². The van der Waals surface area contributed by atoms with E-state index in [2.05, 4.69) is 25.4 Å². The Labute approximate surface area is 201 Å². The van der Waals surface area contributed by atoms with Gasteiger partial charge in [-0.05, 0) is 63.2 Å². The number of hydrogen-bond acceptors (Lipinski definition) is 8. The number of aryl methyl sites for hydroxylation is 1. The quantitative estimate of drug-likeness (QED) is 0.471. The Morgan fingerprint density at radius 3 is 2.74 bits per heavy atom. The zero-order valence-corrected chi connectivity index (χ0v) is 20.7. The number of rotatable bonds is 7. The lowest BCUT2D eigenvalue weighted by atomic mass is 10.1. The summed E-state index contributed by atoms with van der Waals surface area (Å²) in [5.74, 6) is -0.863. The van der Waals surface area contributed by atoms with Crippen LogP contribution in [0.25, 0.3) is 10.9 Å². The van der Waals surface area contributed by atoms with E-state index in [4.69, 9.17) is 11.8 Å². The molecule has 1 aliphatic rings. The van der Waals surface area contributed by atoms with Crippen molar-refractivity contribution in [2.75, 3.05) is 17.8 Å². The third-order valence-corrected chi connectivity index (χ3v) is 7.56. The number of aromatic nitrogens is 2. The van der Waals surface area contributed by atoms with E-state index in [9.17, 15) is 8.42 Å².